The zero-order valence-corrected chi connectivity index (χ0v) is 15.7. The third-order valence-corrected chi connectivity index (χ3v) is 7.28. The summed E-state index contributed by atoms with van der Waals surface area (Å²) in [6, 6.07) is 11.8. The molecule has 0 N–H and O–H groups in total. The maximum absolute atomic E-state index is 11.8. The summed E-state index contributed by atoms with van der Waals surface area (Å²) >= 11 is 0. The molecule has 132 valence electrons. The number of sulfone groups is 1. The van der Waals surface area contributed by atoms with Gasteiger partial charge in [0.15, 0.2) is 9.84 Å². The van der Waals surface area contributed by atoms with Crippen molar-refractivity contribution in [2.75, 3.05) is 6.26 Å². The molecule has 1 aromatic heterocycles. The van der Waals surface area contributed by atoms with E-state index in [1.807, 2.05) is 18.3 Å². The lowest BCUT2D eigenvalue weighted by Gasteiger charge is -2.21. The van der Waals surface area contributed by atoms with Crippen LogP contribution in [-0.2, 0) is 15.3 Å². The number of aromatic nitrogens is 1. The zero-order valence-electron chi connectivity index (χ0n) is 14.9. The van der Waals surface area contributed by atoms with Gasteiger partial charge in [-0.1, -0.05) is 43.9 Å². The Morgan fingerprint density at radius 2 is 1.72 bits per heavy atom. The quantitative estimate of drug-likeness (QED) is 0.822. The van der Waals surface area contributed by atoms with Gasteiger partial charge in [0.25, 0.3) is 0 Å². The van der Waals surface area contributed by atoms with Crippen molar-refractivity contribution in [1.29, 1.82) is 0 Å². The highest BCUT2D eigenvalue weighted by molar-refractivity contribution is 7.90. The van der Waals surface area contributed by atoms with Gasteiger partial charge in [-0.25, -0.2) is 8.42 Å². The Morgan fingerprint density at radius 3 is 2.28 bits per heavy atom. The maximum atomic E-state index is 11.8. The second kappa shape index (κ2) is 5.94. The van der Waals surface area contributed by atoms with Crippen LogP contribution in [0.3, 0.4) is 0 Å². The topological polar surface area (TPSA) is 47.0 Å². The third-order valence-electron chi connectivity index (χ3n) is 6.15. The lowest BCUT2D eigenvalue weighted by Crippen LogP contribution is -2.18. The van der Waals surface area contributed by atoms with Gasteiger partial charge < -0.3 is 0 Å². The van der Waals surface area contributed by atoms with Crippen molar-refractivity contribution in [3.8, 4) is 0 Å². The molecule has 0 spiro atoms. The Balaban J connectivity index is 1.75. The first kappa shape index (κ1) is 16.8. The van der Waals surface area contributed by atoms with Crippen LogP contribution in [-0.4, -0.2) is 19.7 Å². The fourth-order valence-electron chi connectivity index (χ4n) is 4.72. The summed E-state index contributed by atoms with van der Waals surface area (Å²) in [5.41, 5.74) is 3.50. The van der Waals surface area contributed by atoms with Crippen LogP contribution in [0, 0.1) is 18.8 Å². The molecule has 2 aliphatic rings. The molecule has 4 heteroatoms. The first-order valence-electron chi connectivity index (χ1n) is 9.15. The number of benzene rings is 1. The second-order valence-electron chi connectivity index (χ2n) is 7.84. The van der Waals surface area contributed by atoms with Crippen LogP contribution in [0.1, 0.15) is 48.9 Å². The highest BCUT2D eigenvalue weighted by atomic mass is 32.2. The molecule has 2 atom stereocenters. The van der Waals surface area contributed by atoms with E-state index in [2.05, 4.69) is 19.1 Å². The molecule has 2 fully saturated rings. The molecule has 2 aromatic rings. The standard InChI is InChI=1S/C21H25NO2S/c1-15-7-12-20(22-14-15)21(13-19(21)16-5-3-4-6-16)17-8-10-18(11-9-17)25(2,23)24/h7-12,14,16,19H,3-6,13H2,1-2H3. The third kappa shape index (κ3) is 2.91. The number of nitrogens with zero attached hydrogens (tertiary/aromatic N) is 1. The van der Waals surface area contributed by atoms with Crippen LogP contribution in [0.4, 0.5) is 0 Å². The van der Waals surface area contributed by atoms with Crippen LogP contribution in [0.15, 0.2) is 47.5 Å². The van der Waals surface area contributed by atoms with Crippen molar-refractivity contribution in [3.05, 3.63) is 59.4 Å². The van der Waals surface area contributed by atoms with Crippen LogP contribution in [0.5, 0.6) is 0 Å². The van der Waals surface area contributed by atoms with Crippen LogP contribution in [0.2, 0.25) is 0 Å². The average molecular weight is 356 g/mol. The van der Waals surface area contributed by atoms with Crippen LogP contribution < -0.4 is 0 Å². The summed E-state index contributed by atoms with van der Waals surface area (Å²) in [5.74, 6) is 1.41. The Kier molecular flexibility index (Phi) is 3.99. The highest BCUT2D eigenvalue weighted by Gasteiger charge is 2.60. The van der Waals surface area contributed by atoms with Crippen molar-refractivity contribution in [2.24, 2.45) is 11.8 Å². The van der Waals surface area contributed by atoms with Gasteiger partial charge in [0.1, 0.15) is 0 Å². The Hall–Kier alpha value is -1.68. The van der Waals surface area contributed by atoms with Crippen molar-refractivity contribution in [2.45, 2.75) is 49.3 Å². The number of hydrogen-bond donors (Lipinski definition) is 0. The van der Waals surface area contributed by atoms with Crippen LogP contribution >= 0.6 is 0 Å². The zero-order chi connectivity index (χ0) is 17.7. The molecular weight excluding hydrogens is 330 g/mol. The Morgan fingerprint density at radius 1 is 1.04 bits per heavy atom. The van der Waals surface area contributed by atoms with Gasteiger partial charge in [-0.2, -0.15) is 0 Å². The number of hydrogen-bond acceptors (Lipinski definition) is 3. The molecule has 2 unspecified atom stereocenters. The van der Waals surface area contributed by atoms with Gasteiger partial charge in [-0.15, -0.1) is 0 Å². The van der Waals surface area contributed by atoms with Crippen molar-refractivity contribution >= 4 is 9.84 Å². The fourth-order valence-corrected chi connectivity index (χ4v) is 5.35. The van der Waals surface area contributed by atoms with Gasteiger partial charge in [0.2, 0.25) is 0 Å². The van der Waals surface area contributed by atoms with E-state index < -0.39 is 9.84 Å². The highest BCUT2D eigenvalue weighted by Crippen LogP contribution is 2.63. The van der Waals surface area contributed by atoms with Crippen molar-refractivity contribution in [1.82, 2.24) is 4.98 Å². The lowest BCUT2D eigenvalue weighted by atomic mass is 9.84. The lowest BCUT2D eigenvalue weighted by molar-refractivity contribution is 0.442. The molecule has 1 heterocycles. The summed E-state index contributed by atoms with van der Waals surface area (Å²) < 4.78 is 23.6. The summed E-state index contributed by atoms with van der Waals surface area (Å²) in [6.07, 6.45) is 9.66. The van der Waals surface area contributed by atoms with E-state index in [0.717, 1.165) is 18.0 Å². The van der Waals surface area contributed by atoms with Crippen molar-refractivity contribution < 1.29 is 8.42 Å². The smallest absolute Gasteiger partial charge is 0.175 e. The number of pyridine rings is 1. The Bertz CT molecular complexity index is 865. The van der Waals surface area contributed by atoms with Gasteiger partial charge in [0, 0.05) is 17.9 Å². The predicted octanol–water partition coefficient (Wildman–Crippen LogP) is 4.29. The monoisotopic (exact) mass is 355 g/mol. The molecule has 1 aromatic carbocycles. The van der Waals surface area contributed by atoms with Crippen molar-refractivity contribution in [3.63, 3.8) is 0 Å². The van der Waals surface area contributed by atoms with Gasteiger partial charge in [-0.05, 0) is 54.5 Å². The summed E-state index contributed by atoms with van der Waals surface area (Å²) in [7, 11) is -3.16. The SMILES string of the molecule is Cc1ccc(C2(c3ccc(S(C)(=O)=O)cc3)CC2C2CCCC2)nc1. The van der Waals surface area contributed by atoms with E-state index in [4.69, 9.17) is 4.98 Å². The van der Waals surface area contributed by atoms with Crippen LogP contribution in [0.25, 0.3) is 0 Å². The first-order chi connectivity index (χ1) is 11.9. The largest absolute Gasteiger partial charge is 0.260 e. The molecule has 0 bridgehead atoms. The Labute approximate surface area is 150 Å². The molecule has 2 saturated carbocycles. The normalized spacial score (nSPS) is 26.7. The molecule has 4 rings (SSSR count). The van der Waals surface area contributed by atoms with Gasteiger partial charge in [0.05, 0.1) is 10.6 Å². The molecule has 0 amide bonds. The van der Waals surface area contributed by atoms with E-state index in [9.17, 15) is 8.42 Å². The minimum Gasteiger partial charge on any atom is -0.260 e. The molecule has 0 radical (unpaired) electrons. The fraction of sp³-hybridized carbons (Fsp3) is 0.476. The predicted molar refractivity (Wildman–Crippen MR) is 99.4 cm³/mol. The summed E-state index contributed by atoms with van der Waals surface area (Å²) in [5, 5.41) is 0. The molecule has 2 aliphatic carbocycles. The summed E-state index contributed by atoms with van der Waals surface area (Å²) in [6.45, 7) is 2.06. The van der Waals surface area contributed by atoms with E-state index in [1.54, 1.807) is 12.1 Å². The first-order valence-corrected chi connectivity index (χ1v) is 11.0. The van der Waals surface area contributed by atoms with Gasteiger partial charge in [-0.3, -0.25) is 4.98 Å². The van der Waals surface area contributed by atoms with Gasteiger partial charge >= 0.3 is 0 Å². The number of aryl methyl sites for hydroxylation is 1. The number of rotatable bonds is 4. The average Bonchev–Trinajstić information content (AvgIpc) is 3.10. The van der Waals surface area contributed by atoms with E-state index in [0.29, 0.717) is 10.8 Å². The van der Waals surface area contributed by atoms with E-state index in [-0.39, 0.29) is 5.41 Å². The molecule has 3 nitrogen and oxygen atoms in total. The molecular formula is C21H25NO2S. The maximum Gasteiger partial charge on any atom is 0.175 e. The van der Waals surface area contributed by atoms with E-state index >= 15 is 0 Å². The second-order valence-corrected chi connectivity index (χ2v) is 9.86. The molecule has 25 heavy (non-hydrogen) atoms. The van der Waals surface area contributed by atoms with E-state index in [1.165, 1.54) is 43.1 Å². The minimum atomic E-state index is -3.16. The molecule has 0 aliphatic heterocycles. The molecule has 0 saturated heterocycles. The minimum absolute atomic E-state index is 0.0290. The summed E-state index contributed by atoms with van der Waals surface area (Å²) in [4.78, 5) is 5.15.